The Morgan fingerprint density at radius 1 is 1.15 bits per heavy atom. The van der Waals surface area contributed by atoms with Crippen molar-refractivity contribution >= 4 is 21.6 Å². The van der Waals surface area contributed by atoms with E-state index in [0.717, 1.165) is 24.9 Å². The number of anilines is 1. The van der Waals surface area contributed by atoms with Crippen molar-refractivity contribution in [2.75, 3.05) is 51.8 Å². The molecule has 2 aliphatic heterocycles. The van der Waals surface area contributed by atoms with E-state index in [9.17, 15) is 13.2 Å². The summed E-state index contributed by atoms with van der Waals surface area (Å²) in [5, 5.41) is 0. The molecule has 1 unspecified atom stereocenters. The molecule has 2 heterocycles. The number of rotatable bonds is 4. The smallest absolute Gasteiger partial charge is 0.256 e. The summed E-state index contributed by atoms with van der Waals surface area (Å²) in [6.07, 6.45) is 3.09. The van der Waals surface area contributed by atoms with Gasteiger partial charge in [-0.25, -0.2) is 12.7 Å². The molecule has 0 aromatic heterocycles. The van der Waals surface area contributed by atoms with Gasteiger partial charge in [-0.05, 0) is 44.4 Å². The molecule has 3 rings (SSSR count). The lowest BCUT2D eigenvalue weighted by Gasteiger charge is -2.36. The summed E-state index contributed by atoms with van der Waals surface area (Å²) in [4.78, 5) is 17.5. The van der Waals surface area contributed by atoms with E-state index in [4.69, 9.17) is 4.74 Å². The number of morpholine rings is 1. The number of nitrogens with zero attached hydrogens (tertiary/aromatic N) is 3. The maximum Gasteiger partial charge on any atom is 0.256 e. The first-order chi connectivity index (χ1) is 12.8. The number of ether oxygens (including phenoxy) is 1. The summed E-state index contributed by atoms with van der Waals surface area (Å²) in [6.45, 7) is 5.36. The van der Waals surface area contributed by atoms with E-state index in [0.29, 0.717) is 38.4 Å². The van der Waals surface area contributed by atoms with Crippen LogP contribution >= 0.6 is 0 Å². The molecule has 27 heavy (non-hydrogen) atoms. The monoisotopic (exact) mass is 395 g/mol. The van der Waals surface area contributed by atoms with Crippen molar-refractivity contribution in [3.05, 3.63) is 23.8 Å². The summed E-state index contributed by atoms with van der Waals surface area (Å²) in [7, 11) is -0.606. The summed E-state index contributed by atoms with van der Waals surface area (Å²) < 4.78 is 31.8. The van der Waals surface area contributed by atoms with Crippen molar-refractivity contribution in [2.24, 2.45) is 0 Å². The van der Waals surface area contributed by atoms with Crippen molar-refractivity contribution in [1.82, 2.24) is 9.21 Å². The number of carbonyl (C=O) groups is 1. The van der Waals surface area contributed by atoms with Crippen LogP contribution in [0.1, 0.15) is 36.5 Å². The molecule has 8 heteroatoms. The Bertz CT molecular complexity index is 788. The normalized spacial score (nSPS) is 21.6. The first kappa shape index (κ1) is 20.1. The Morgan fingerprint density at radius 2 is 1.85 bits per heavy atom. The zero-order chi connectivity index (χ0) is 19.6. The highest BCUT2D eigenvalue weighted by molar-refractivity contribution is 7.89. The summed E-state index contributed by atoms with van der Waals surface area (Å²) in [6, 6.07) is 5.07. The molecule has 150 valence electrons. The van der Waals surface area contributed by atoms with Crippen LogP contribution in [0, 0.1) is 0 Å². The predicted molar refractivity (Wildman–Crippen MR) is 105 cm³/mol. The van der Waals surface area contributed by atoms with Gasteiger partial charge in [0.15, 0.2) is 0 Å². The number of likely N-dealkylation sites (tertiary alicyclic amines) is 1. The minimum absolute atomic E-state index is 0.0838. The fraction of sp³-hybridized carbons (Fsp3) is 0.632. The number of carbonyl (C=O) groups excluding carboxylic acids is 1. The number of piperidine rings is 1. The van der Waals surface area contributed by atoms with Crippen LogP contribution in [0.4, 0.5) is 5.69 Å². The molecule has 0 saturated carbocycles. The lowest BCUT2D eigenvalue weighted by Crippen LogP contribution is -2.43. The van der Waals surface area contributed by atoms with Gasteiger partial charge >= 0.3 is 0 Å². The van der Waals surface area contributed by atoms with Crippen LogP contribution in [0.5, 0.6) is 0 Å². The second-order valence-corrected chi connectivity index (χ2v) is 9.56. The third-order valence-corrected chi connectivity index (χ3v) is 7.20. The van der Waals surface area contributed by atoms with Crippen molar-refractivity contribution in [1.29, 1.82) is 0 Å². The number of amides is 1. The van der Waals surface area contributed by atoms with Gasteiger partial charge in [0.25, 0.3) is 5.91 Å². The molecule has 0 spiro atoms. The molecule has 0 aliphatic carbocycles. The lowest BCUT2D eigenvalue weighted by molar-refractivity contribution is 0.0635. The predicted octanol–water partition coefficient (Wildman–Crippen LogP) is 1.79. The Morgan fingerprint density at radius 3 is 2.48 bits per heavy atom. The van der Waals surface area contributed by atoms with Gasteiger partial charge < -0.3 is 14.5 Å². The number of hydrogen-bond donors (Lipinski definition) is 0. The maximum absolute atomic E-state index is 13.4. The molecule has 1 atom stereocenters. The summed E-state index contributed by atoms with van der Waals surface area (Å²) in [5.74, 6) is -0.0838. The van der Waals surface area contributed by atoms with Crippen LogP contribution in [0.25, 0.3) is 0 Å². The molecule has 7 nitrogen and oxygen atoms in total. The first-order valence-electron chi connectivity index (χ1n) is 9.52. The van der Waals surface area contributed by atoms with Crippen LogP contribution < -0.4 is 4.90 Å². The fourth-order valence-electron chi connectivity index (χ4n) is 3.69. The van der Waals surface area contributed by atoms with Crippen molar-refractivity contribution < 1.29 is 17.9 Å². The van der Waals surface area contributed by atoms with Gasteiger partial charge in [-0.15, -0.1) is 0 Å². The van der Waals surface area contributed by atoms with Crippen molar-refractivity contribution in [2.45, 2.75) is 37.1 Å². The molecular weight excluding hydrogens is 366 g/mol. The average molecular weight is 396 g/mol. The third-order valence-electron chi connectivity index (χ3n) is 5.39. The highest BCUT2D eigenvalue weighted by Gasteiger charge is 2.29. The van der Waals surface area contributed by atoms with Crippen LogP contribution in [-0.4, -0.2) is 76.5 Å². The largest absolute Gasteiger partial charge is 0.378 e. The fourth-order valence-corrected chi connectivity index (χ4v) is 4.62. The molecule has 2 saturated heterocycles. The maximum atomic E-state index is 13.4. The second-order valence-electron chi connectivity index (χ2n) is 7.41. The molecule has 0 bridgehead atoms. The Kier molecular flexibility index (Phi) is 6.08. The topological polar surface area (TPSA) is 70.2 Å². The molecule has 1 aromatic rings. The molecule has 0 radical (unpaired) electrons. The van der Waals surface area contributed by atoms with E-state index in [1.165, 1.54) is 18.4 Å². The number of benzene rings is 1. The zero-order valence-corrected chi connectivity index (χ0v) is 17.2. The molecule has 2 fully saturated rings. The third kappa shape index (κ3) is 4.12. The SMILES string of the molecule is CC1CCCCN1C(=O)c1cc(S(=O)(=O)N(C)C)ccc1N1CCOCC1. The average Bonchev–Trinajstić information content (AvgIpc) is 2.68. The van der Waals surface area contributed by atoms with Crippen molar-refractivity contribution in [3.8, 4) is 0 Å². The van der Waals surface area contributed by atoms with E-state index < -0.39 is 10.0 Å². The molecular formula is C19H29N3O4S. The van der Waals surface area contributed by atoms with Crippen LogP contribution in [0.15, 0.2) is 23.1 Å². The highest BCUT2D eigenvalue weighted by atomic mass is 32.2. The van der Waals surface area contributed by atoms with Gasteiger partial charge in [-0.2, -0.15) is 0 Å². The van der Waals surface area contributed by atoms with Crippen LogP contribution in [0.3, 0.4) is 0 Å². The minimum Gasteiger partial charge on any atom is -0.378 e. The van der Waals surface area contributed by atoms with Gasteiger partial charge in [0.1, 0.15) is 0 Å². The van der Waals surface area contributed by atoms with E-state index in [-0.39, 0.29) is 16.8 Å². The molecule has 1 amide bonds. The first-order valence-corrected chi connectivity index (χ1v) is 11.0. The zero-order valence-electron chi connectivity index (χ0n) is 16.3. The Balaban J connectivity index is 2.04. The quantitative estimate of drug-likeness (QED) is 0.777. The molecule has 0 N–H and O–H groups in total. The van der Waals surface area contributed by atoms with Gasteiger partial charge in [0, 0.05) is 45.5 Å². The minimum atomic E-state index is -3.61. The number of hydrogen-bond acceptors (Lipinski definition) is 5. The van der Waals surface area contributed by atoms with Crippen LogP contribution in [0.2, 0.25) is 0 Å². The van der Waals surface area contributed by atoms with E-state index >= 15 is 0 Å². The number of sulfonamides is 1. The van der Waals surface area contributed by atoms with Crippen molar-refractivity contribution in [3.63, 3.8) is 0 Å². The lowest BCUT2D eigenvalue weighted by atomic mass is 10.0. The summed E-state index contributed by atoms with van der Waals surface area (Å²) in [5.41, 5.74) is 1.26. The van der Waals surface area contributed by atoms with Crippen LogP contribution in [-0.2, 0) is 14.8 Å². The van der Waals surface area contributed by atoms with Gasteiger partial charge in [-0.1, -0.05) is 0 Å². The van der Waals surface area contributed by atoms with E-state index in [1.807, 2.05) is 4.90 Å². The second kappa shape index (κ2) is 8.16. The molecule has 1 aromatic carbocycles. The standard InChI is InChI=1S/C19H29N3O4S/c1-15-6-4-5-9-22(15)19(23)17-14-16(27(24,25)20(2)3)7-8-18(17)21-10-12-26-13-11-21/h7-8,14-15H,4-6,9-13H2,1-3H3. The Labute approximate surface area is 161 Å². The van der Waals surface area contributed by atoms with Gasteiger partial charge in [0.2, 0.25) is 10.0 Å². The summed E-state index contributed by atoms with van der Waals surface area (Å²) >= 11 is 0. The van der Waals surface area contributed by atoms with E-state index in [1.54, 1.807) is 18.2 Å². The Hall–Kier alpha value is -1.64. The van der Waals surface area contributed by atoms with Gasteiger partial charge in [0.05, 0.1) is 23.7 Å². The van der Waals surface area contributed by atoms with Gasteiger partial charge in [-0.3, -0.25) is 4.79 Å². The highest BCUT2D eigenvalue weighted by Crippen LogP contribution is 2.29. The molecule has 2 aliphatic rings. The van der Waals surface area contributed by atoms with E-state index in [2.05, 4.69) is 11.8 Å².